The number of anilines is 1. The van der Waals surface area contributed by atoms with Crippen LogP contribution in [0.5, 0.6) is 0 Å². The van der Waals surface area contributed by atoms with E-state index in [0.29, 0.717) is 16.9 Å². The summed E-state index contributed by atoms with van der Waals surface area (Å²) in [6, 6.07) is 11.3. The van der Waals surface area contributed by atoms with Crippen LogP contribution >= 0.6 is 0 Å². The molecule has 0 aliphatic heterocycles. The Kier molecular flexibility index (Phi) is 3.09. The number of carbonyl (C=O) groups is 1. The first-order valence-electron chi connectivity index (χ1n) is 6.11. The van der Waals surface area contributed by atoms with Gasteiger partial charge < -0.3 is 9.72 Å². The van der Waals surface area contributed by atoms with Gasteiger partial charge in [-0.2, -0.15) is 5.26 Å². The summed E-state index contributed by atoms with van der Waals surface area (Å²) in [6.07, 6.45) is 2.69. The van der Waals surface area contributed by atoms with E-state index in [-0.39, 0.29) is 5.69 Å². The van der Waals surface area contributed by atoms with Crippen molar-refractivity contribution >= 4 is 17.2 Å². The molecule has 1 amide bonds. The average Bonchev–Trinajstić information content (AvgIpc) is 2.90. The fourth-order valence-corrected chi connectivity index (χ4v) is 1.94. The number of hydrogen-bond acceptors (Lipinski definition) is 3. The van der Waals surface area contributed by atoms with Crippen LogP contribution in [0.3, 0.4) is 0 Å². The Balaban J connectivity index is 1.88. The molecular formula is C15H9FN4O. The van der Waals surface area contributed by atoms with Crippen LogP contribution in [0.4, 0.5) is 10.1 Å². The molecule has 0 saturated carbocycles. The van der Waals surface area contributed by atoms with Crippen LogP contribution in [0.25, 0.3) is 5.65 Å². The normalized spacial score (nSPS) is 10.3. The van der Waals surface area contributed by atoms with Crippen LogP contribution < -0.4 is 5.32 Å². The molecule has 6 heteroatoms. The largest absolute Gasteiger partial charge is 0.321 e. The summed E-state index contributed by atoms with van der Waals surface area (Å²) in [5.41, 5.74) is 1.60. The monoisotopic (exact) mass is 280 g/mol. The predicted molar refractivity (Wildman–Crippen MR) is 74.3 cm³/mol. The molecule has 3 rings (SSSR count). The summed E-state index contributed by atoms with van der Waals surface area (Å²) < 4.78 is 14.5. The first-order valence-corrected chi connectivity index (χ1v) is 6.11. The Bertz CT molecular complexity index is 879. The number of carbonyl (C=O) groups excluding carboxylic acids is 1. The standard InChI is InChI=1S/C15H9FN4O/c16-11-4-5-14-19-13(9-20(14)8-11)15(21)18-12-3-1-2-10(6-12)7-17/h1-6,8-9H,(H,18,21). The molecule has 0 aliphatic carbocycles. The predicted octanol–water partition coefficient (Wildman–Crippen LogP) is 2.60. The smallest absolute Gasteiger partial charge is 0.275 e. The number of amides is 1. The van der Waals surface area contributed by atoms with Crippen molar-refractivity contribution in [3.63, 3.8) is 0 Å². The van der Waals surface area contributed by atoms with E-state index < -0.39 is 11.7 Å². The fraction of sp³-hybridized carbons (Fsp3) is 0. The number of fused-ring (bicyclic) bond motifs is 1. The number of hydrogen-bond donors (Lipinski definition) is 1. The van der Waals surface area contributed by atoms with Crippen LogP contribution in [-0.2, 0) is 0 Å². The van der Waals surface area contributed by atoms with Crippen molar-refractivity contribution in [3.8, 4) is 6.07 Å². The summed E-state index contributed by atoms with van der Waals surface area (Å²) in [5.74, 6) is -0.831. The van der Waals surface area contributed by atoms with E-state index in [1.54, 1.807) is 24.3 Å². The highest BCUT2D eigenvalue weighted by Crippen LogP contribution is 2.12. The van der Waals surface area contributed by atoms with Crippen molar-refractivity contribution in [1.29, 1.82) is 5.26 Å². The lowest BCUT2D eigenvalue weighted by molar-refractivity contribution is 0.102. The molecule has 3 aromatic rings. The van der Waals surface area contributed by atoms with E-state index in [2.05, 4.69) is 10.3 Å². The summed E-state index contributed by atoms with van der Waals surface area (Å²) in [6.45, 7) is 0. The maximum Gasteiger partial charge on any atom is 0.275 e. The van der Waals surface area contributed by atoms with Gasteiger partial charge in [-0.3, -0.25) is 4.79 Å². The quantitative estimate of drug-likeness (QED) is 0.784. The summed E-state index contributed by atoms with van der Waals surface area (Å²) >= 11 is 0. The van der Waals surface area contributed by atoms with Gasteiger partial charge in [-0.05, 0) is 30.3 Å². The number of nitrogens with one attached hydrogen (secondary N) is 1. The van der Waals surface area contributed by atoms with Crippen LogP contribution in [0.15, 0.2) is 48.8 Å². The van der Waals surface area contributed by atoms with Crippen LogP contribution in [0, 0.1) is 17.1 Å². The zero-order valence-corrected chi connectivity index (χ0v) is 10.7. The maximum atomic E-state index is 13.1. The van der Waals surface area contributed by atoms with Gasteiger partial charge in [0, 0.05) is 18.1 Å². The van der Waals surface area contributed by atoms with Crippen molar-refractivity contribution in [2.75, 3.05) is 5.32 Å². The SMILES string of the molecule is N#Cc1cccc(NC(=O)c2cn3cc(F)ccc3n2)c1. The topological polar surface area (TPSA) is 70.2 Å². The van der Waals surface area contributed by atoms with Gasteiger partial charge in [0.05, 0.1) is 11.6 Å². The molecule has 0 spiro atoms. The highest BCUT2D eigenvalue weighted by molar-refractivity contribution is 6.03. The number of imidazole rings is 1. The Labute approximate surface area is 119 Å². The molecule has 21 heavy (non-hydrogen) atoms. The first-order chi connectivity index (χ1) is 10.2. The molecule has 0 bridgehead atoms. The first kappa shape index (κ1) is 12.8. The molecule has 1 N–H and O–H groups in total. The molecular weight excluding hydrogens is 271 g/mol. The highest BCUT2D eigenvalue weighted by Gasteiger charge is 2.11. The van der Waals surface area contributed by atoms with Crippen molar-refractivity contribution in [3.05, 3.63) is 65.9 Å². The number of benzene rings is 1. The Morgan fingerprint density at radius 2 is 2.14 bits per heavy atom. The van der Waals surface area contributed by atoms with Gasteiger partial charge in [-0.1, -0.05) is 6.07 Å². The number of aromatic nitrogens is 2. The minimum atomic E-state index is -0.422. The third-order valence-corrected chi connectivity index (χ3v) is 2.90. The second-order valence-electron chi connectivity index (χ2n) is 4.39. The fourth-order valence-electron chi connectivity index (χ4n) is 1.94. The Morgan fingerprint density at radius 3 is 2.95 bits per heavy atom. The minimum absolute atomic E-state index is 0.169. The maximum absolute atomic E-state index is 13.1. The lowest BCUT2D eigenvalue weighted by Gasteiger charge is -2.02. The van der Waals surface area contributed by atoms with E-state index >= 15 is 0 Å². The lowest BCUT2D eigenvalue weighted by atomic mass is 10.2. The van der Waals surface area contributed by atoms with E-state index in [0.717, 1.165) is 0 Å². The van der Waals surface area contributed by atoms with Gasteiger partial charge in [0.2, 0.25) is 0 Å². The number of nitrogens with zero attached hydrogens (tertiary/aromatic N) is 3. The molecule has 1 aromatic carbocycles. The number of rotatable bonds is 2. The molecule has 0 unspecified atom stereocenters. The van der Waals surface area contributed by atoms with Gasteiger partial charge in [-0.15, -0.1) is 0 Å². The molecule has 2 aromatic heterocycles. The molecule has 0 atom stereocenters. The number of pyridine rings is 1. The van der Waals surface area contributed by atoms with Gasteiger partial charge in [0.25, 0.3) is 5.91 Å². The van der Waals surface area contributed by atoms with Crippen molar-refractivity contribution < 1.29 is 9.18 Å². The van der Waals surface area contributed by atoms with Gasteiger partial charge in [0.1, 0.15) is 17.2 Å². The molecule has 5 nitrogen and oxygen atoms in total. The average molecular weight is 280 g/mol. The van der Waals surface area contributed by atoms with Gasteiger partial charge >= 0.3 is 0 Å². The third-order valence-electron chi connectivity index (χ3n) is 2.90. The van der Waals surface area contributed by atoms with E-state index in [4.69, 9.17) is 5.26 Å². The summed E-state index contributed by atoms with van der Waals surface area (Å²) in [5, 5.41) is 11.5. The van der Waals surface area contributed by atoms with Crippen LogP contribution in [0.1, 0.15) is 16.1 Å². The molecule has 2 heterocycles. The van der Waals surface area contributed by atoms with Crippen LogP contribution in [0.2, 0.25) is 0 Å². The lowest BCUT2D eigenvalue weighted by Crippen LogP contribution is -2.12. The Hall–Kier alpha value is -3.20. The second kappa shape index (κ2) is 5.06. The second-order valence-corrected chi connectivity index (χ2v) is 4.39. The third kappa shape index (κ3) is 2.58. The molecule has 0 aliphatic rings. The van der Waals surface area contributed by atoms with Crippen molar-refractivity contribution in [2.45, 2.75) is 0 Å². The van der Waals surface area contributed by atoms with Gasteiger partial charge in [-0.25, -0.2) is 9.37 Å². The van der Waals surface area contributed by atoms with E-state index in [1.807, 2.05) is 6.07 Å². The zero-order valence-electron chi connectivity index (χ0n) is 10.7. The summed E-state index contributed by atoms with van der Waals surface area (Å²) in [4.78, 5) is 16.2. The number of halogens is 1. The zero-order chi connectivity index (χ0) is 14.8. The van der Waals surface area contributed by atoms with Gasteiger partial charge in [0.15, 0.2) is 0 Å². The Morgan fingerprint density at radius 1 is 1.29 bits per heavy atom. The van der Waals surface area contributed by atoms with Crippen molar-refractivity contribution in [2.24, 2.45) is 0 Å². The van der Waals surface area contributed by atoms with Crippen molar-refractivity contribution in [1.82, 2.24) is 9.38 Å². The number of nitriles is 1. The van der Waals surface area contributed by atoms with E-state index in [1.165, 1.54) is 28.9 Å². The molecule has 0 saturated heterocycles. The molecule has 102 valence electrons. The molecule has 0 radical (unpaired) electrons. The molecule has 0 fully saturated rings. The van der Waals surface area contributed by atoms with E-state index in [9.17, 15) is 9.18 Å². The highest BCUT2D eigenvalue weighted by atomic mass is 19.1. The minimum Gasteiger partial charge on any atom is -0.321 e. The summed E-state index contributed by atoms with van der Waals surface area (Å²) in [7, 11) is 0. The van der Waals surface area contributed by atoms with Crippen LogP contribution in [-0.4, -0.2) is 15.3 Å².